The van der Waals surface area contributed by atoms with E-state index in [1.807, 2.05) is 68.4 Å². The Morgan fingerprint density at radius 1 is 1.03 bits per heavy atom. The van der Waals surface area contributed by atoms with Crippen molar-refractivity contribution in [3.63, 3.8) is 0 Å². The fourth-order valence-electron chi connectivity index (χ4n) is 4.38. The Bertz CT molecular complexity index is 1090. The maximum atomic E-state index is 13.2. The van der Waals surface area contributed by atoms with E-state index < -0.39 is 11.9 Å². The largest absolute Gasteiger partial charge is 0.460 e. The van der Waals surface area contributed by atoms with Crippen LogP contribution in [0.25, 0.3) is 0 Å². The van der Waals surface area contributed by atoms with Gasteiger partial charge < -0.3 is 19.5 Å². The van der Waals surface area contributed by atoms with Crippen LogP contribution in [0.1, 0.15) is 44.6 Å². The molecule has 6 nitrogen and oxygen atoms in total. The Balaban J connectivity index is 1.70. The average Bonchev–Trinajstić information content (AvgIpc) is 2.82. The highest BCUT2D eigenvalue weighted by molar-refractivity contribution is 6.03. The van der Waals surface area contributed by atoms with E-state index in [9.17, 15) is 9.59 Å². The summed E-state index contributed by atoms with van der Waals surface area (Å²) in [6.45, 7) is 4.80. The Hall–Kier alpha value is -3.38. The third-order valence-corrected chi connectivity index (χ3v) is 5.83. The van der Waals surface area contributed by atoms with Crippen molar-refractivity contribution in [2.24, 2.45) is 0 Å². The first kappa shape index (κ1) is 22.8. The van der Waals surface area contributed by atoms with Crippen molar-refractivity contribution < 1.29 is 23.8 Å². The number of carbonyl (C=O) groups excluding carboxylic acids is 2. The highest BCUT2D eigenvalue weighted by Gasteiger charge is 2.39. The van der Waals surface area contributed by atoms with Crippen LogP contribution in [0.4, 0.5) is 0 Å². The molecular weight excluding hydrogens is 418 g/mol. The van der Waals surface area contributed by atoms with Gasteiger partial charge in [0, 0.05) is 35.9 Å². The minimum atomic E-state index is -0.507. The zero-order valence-corrected chi connectivity index (χ0v) is 19.1. The van der Waals surface area contributed by atoms with Gasteiger partial charge in [0.15, 0.2) is 5.78 Å². The summed E-state index contributed by atoms with van der Waals surface area (Å²) in [6.07, 6.45) is 2.06. The number of benzene rings is 2. The van der Waals surface area contributed by atoms with E-state index >= 15 is 0 Å². The van der Waals surface area contributed by atoms with Gasteiger partial charge in [-0.2, -0.15) is 0 Å². The van der Waals surface area contributed by atoms with E-state index in [1.165, 1.54) is 0 Å². The number of ketones is 1. The minimum absolute atomic E-state index is 0.0650. The third kappa shape index (κ3) is 5.17. The number of para-hydroxylation sites is 1. The van der Waals surface area contributed by atoms with E-state index in [0.717, 1.165) is 29.9 Å². The summed E-state index contributed by atoms with van der Waals surface area (Å²) in [5, 5.41) is 3.31. The Kier molecular flexibility index (Phi) is 7.25. The van der Waals surface area contributed by atoms with Crippen LogP contribution in [-0.4, -0.2) is 31.6 Å². The molecule has 2 aromatic carbocycles. The van der Waals surface area contributed by atoms with Crippen molar-refractivity contribution in [1.82, 2.24) is 5.32 Å². The molecule has 1 heterocycles. The molecule has 0 spiro atoms. The topological polar surface area (TPSA) is 73.9 Å². The average molecular weight is 448 g/mol. The normalized spacial score (nSPS) is 18.0. The van der Waals surface area contributed by atoms with Crippen LogP contribution in [-0.2, 0) is 19.1 Å². The molecule has 0 fully saturated rings. The molecule has 0 saturated heterocycles. The second-order valence-electron chi connectivity index (χ2n) is 8.09. The first-order chi connectivity index (χ1) is 16.1. The van der Waals surface area contributed by atoms with Gasteiger partial charge in [-0.1, -0.05) is 30.3 Å². The first-order valence-corrected chi connectivity index (χ1v) is 11.4. The monoisotopic (exact) mass is 447 g/mol. The number of allylic oxidation sites excluding steroid dienone is 3. The highest BCUT2D eigenvalue weighted by Crippen LogP contribution is 2.43. The van der Waals surface area contributed by atoms with Crippen molar-refractivity contribution in [1.29, 1.82) is 0 Å². The highest BCUT2D eigenvalue weighted by atomic mass is 16.6. The lowest BCUT2D eigenvalue weighted by Crippen LogP contribution is -2.34. The number of Topliss-reactive ketones (excluding diaryl/α,β-unsaturated/α-hetero) is 1. The Labute approximate surface area is 194 Å². The molecule has 0 radical (unpaired) electrons. The SMILES string of the molecule is CCOCCOC(=O)C1=C(C)NC2=C(C(=O)CCC2)C1c1cccc(Oc2ccccc2)c1. The van der Waals surface area contributed by atoms with Crippen LogP contribution in [0.5, 0.6) is 11.5 Å². The second kappa shape index (κ2) is 10.5. The van der Waals surface area contributed by atoms with Crippen molar-refractivity contribution in [3.05, 3.63) is 82.7 Å². The summed E-state index contributed by atoms with van der Waals surface area (Å²) < 4.78 is 16.8. The van der Waals surface area contributed by atoms with Crippen molar-refractivity contribution >= 4 is 11.8 Å². The van der Waals surface area contributed by atoms with Gasteiger partial charge in [-0.15, -0.1) is 0 Å². The van der Waals surface area contributed by atoms with Crippen LogP contribution in [0.3, 0.4) is 0 Å². The summed E-state index contributed by atoms with van der Waals surface area (Å²) in [6, 6.07) is 17.1. The van der Waals surface area contributed by atoms with Gasteiger partial charge in [0.2, 0.25) is 0 Å². The number of ether oxygens (including phenoxy) is 3. The zero-order chi connectivity index (χ0) is 23.2. The second-order valence-corrected chi connectivity index (χ2v) is 8.09. The molecule has 2 aliphatic rings. The summed E-state index contributed by atoms with van der Waals surface area (Å²) in [5.41, 5.74) is 3.54. The van der Waals surface area contributed by atoms with Crippen LogP contribution >= 0.6 is 0 Å². The summed E-state index contributed by atoms with van der Waals surface area (Å²) in [5.74, 6) is 0.479. The predicted octanol–water partition coefficient (Wildman–Crippen LogP) is 5.03. The van der Waals surface area contributed by atoms with Crippen molar-refractivity contribution in [2.45, 2.75) is 39.0 Å². The molecule has 4 rings (SSSR count). The molecule has 1 aliphatic carbocycles. The third-order valence-electron chi connectivity index (χ3n) is 5.83. The fourth-order valence-corrected chi connectivity index (χ4v) is 4.38. The molecular formula is C27H29NO5. The lowest BCUT2D eigenvalue weighted by Gasteiger charge is -2.34. The smallest absolute Gasteiger partial charge is 0.336 e. The van der Waals surface area contributed by atoms with Gasteiger partial charge in [-0.3, -0.25) is 4.79 Å². The van der Waals surface area contributed by atoms with Gasteiger partial charge in [-0.25, -0.2) is 4.79 Å². The quantitative estimate of drug-likeness (QED) is 0.452. The predicted molar refractivity (Wildman–Crippen MR) is 125 cm³/mol. The van der Waals surface area contributed by atoms with Gasteiger partial charge >= 0.3 is 5.97 Å². The first-order valence-electron chi connectivity index (χ1n) is 11.4. The minimum Gasteiger partial charge on any atom is -0.460 e. The standard InChI is InChI=1S/C27H29NO5/c1-3-31-15-16-32-27(30)24-18(2)28-22-13-8-14-23(29)26(22)25(24)19-9-7-12-21(17-19)33-20-10-5-4-6-11-20/h4-7,9-12,17,25,28H,3,8,13-16H2,1-2H3. The van der Waals surface area contributed by atoms with Gasteiger partial charge in [0.25, 0.3) is 0 Å². The Morgan fingerprint density at radius 2 is 1.82 bits per heavy atom. The van der Waals surface area contributed by atoms with E-state index in [2.05, 4.69) is 5.32 Å². The van der Waals surface area contributed by atoms with E-state index in [0.29, 0.717) is 42.2 Å². The number of dihydropyridines is 1. The van der Waals surface area contributed by atoms with Crippen LogP contribution in [0, 0.1) is 0 Å². The summed E-state index contributed by atoms with van der Waals surface area (Å²) in [4.78, 5) is 26.2. The molecule has 0 saturated carbocycles. The lowest BCUT2D eigenvalue weighted by molar-refractivity contribution is -0.140. The zero-order valence-electron chi connectivity index (χ0n) is 19.1. The fraction of sp³-hybridized carbons (Fsp3) is 0.333. The molecule has 33 heavy (non-hydrogen) atoms. The van der Waals surface area contributed by atoms with Crippen molar-refractivity contribution in [3.8, 4) is 11.5 Å². The number of carbonyl (C=O) groups is 2. The van der Waals surface area contributed by atoms with Crippen LogP contribution in [0.15, 0.2) is 77.1 Å². The lowest BCUT2D eigenvalue weighted by atomic mass is 9.75. The van der Waals surface area contributed by atoms with E-state index in [1.54, 1.807) is 0 Å². The number of hydrogen-bond acceptors (Lipinski definition) is 6. The summed E-state index contributed by atoms with van der Waals surface area (Å²) >= 11 is 0. The van der Waals surface area contributed by atoms with E-state index in [4.69, 9.17) is 14.2 Å². The number of esters is 1. The molecule has 1 unspecified atom stereocenters. The van der Waals surface area contributed by atoms with Crippen LogP contribution < -0.4 is 10.1 Å². The van der Waals surface area contributed by atoms with Crippen LogP contribution in [0.2, 0.25) is 0 Å². The van der Waals surface area contributed by atoms with Gasteiger partial charge in [0.05, 0.1) is 12.2 Å². The molecule has 2 aromatic rings. The molecule has 1 N–H and O–H groups in total. The maximum Gasteiger partial charge on any atom is 0.336 e. The van der Waals surface area contributed by atoms with Gasteiger partial charge in [-0.05, 0) is 56.5 Å². The number of nitrogens with one attached hydrogen (secondary N) is 1. The maximum absolute atomic E-state index is 13.2. The number of hydrogen-bond donors (Lipinski definition) is 1. The molecule has 0 amide bonds. The molecule has 172 valence electrons. The van der Waals surface area contributed by atoms with E-state index in [-0.39, 0.29) is 12.4 Å². The Morgan fingerprint density at radius 3 is 2.61 bits per heavy atom. The summed E-state index contributed by atoms with van der Waals surface area (Å²) in [7, 11) is 0. The molecule has 1 aliphatic heterocycles. The molecule has 1 atom stereocenters. The van der Waals surface area contributed by atoms with Crippen molar-refractivity contribution in [2.75, 3.05) is 19.8 Å². The molecule has 0 bridgehead atoms. The molecule has 0 aromatic heterocycles. The molecule has 6 heteroatoms. The number of rotatable bonds is 8. The van der Waals surface area contributed by atoms with Gasteiger partial charge in [0.1, 0.15) is 18.1 Å².